The number of rotatable bonds is 6. The van der Waals surface area contributed by atoms with Gasteiger partial charge in [-0.2, -0.15) is 0 Å². The molecule has 1 aromatic rings. The lowest BCUT2D eigenvalue weighted by atomic mass is 10.1. The third-order valence-corrected chi connectivity index (χ3v) is 3.01. The highest BCUT2D eigenvalue weighted by Crippen LogP contribution is 2.24. The molecule has 19 heavy (non-hydrogen) atoms. The van der Waals surface area contributed by atoms with E-state index in [1.54, 1.807) is 7.11 Å². The zero-order chi connectivity index (χ0) is 14.4. The Bertz CT molecular complexity index is 444. The van der Waals surface area contributed by atoms with Crippen molar-refractivity contribution in [3.63, 3.8) is 0 Å². The molecule has 0 heterocycles. The fraction of sp³-hybridized carbons (Fsp3) is 0.500. The molecule has 3 N–H and O–H groups in total. The average Bonchev–Trinajstić information content (AvgIpc) is 2.38. The normalized spacial score (nSPS) is 11.9. The quantitative estimate of drug-likeness (QED) is 0.357. The van der Waals surface area contributed by atoms with Crippen LogP contribution in [0.25, 0.3) is 0 Å². The highest BCUT2D eigenvalue weighted by Gasteiger charge is 2.16. The van der Waals surface area contributed by atoms with Crippen LogP contribution in [0, 0.1) is 6.92 Å². The second-order valence-electron chi connectivity index (χ2n) is 4.79. The molecule has 0 radical (unpaired) electrons. The number of ether oxygens (including phenoxy) is 1. The Hall–Kier alpha value is -1.75. The highest BCUT2D eigenvalue weighted by molar-refractivity contribution is 6.02. The Morgan fingerprint density at radius 1 is 1.47 bits per heavy atom. The maximum Gasteiger partial charge on any atom is 0.172 e. The number of benzene rings is 1. The van der Waals surface area contributed by atoms with Gasteiger partial charge in [-0.15, -0.1) is 0 Å². The Morgan fingerprint density at radius 3 is 2.68 bits per heavy atom. The number of nitrogens with zero attached hydrogens (tertiary/aromatic N) is 2. The van der Waals surface area contributed by atoms with Gasteiger partial charge in [0.1, 0.15) is 0 Å². The summed E-state index contributed by atoms with van der Waals surface area (Å²) in [5.41, 5.74) is 8.58. The van der Waals surface area contributed by atoms with Gasteiger partial charge in [-0.1, -0.05) is 11.2 Å². The van der Waals surface area contributed by atoms with Crippen LogP contribution >= 0.6 is 0 Å². The van der Waals surface area contributed by atoms with E-state index in [1.165, 1.54) is 0 Å². The van der Waals surface area contributed by atoms with Gasteiger partial charge in [-0.3, -0.25) is 0 Å². The van der Waals surface area contributed by atoms with Crippen LogP contribution in [-0.4, -0.2) is 37.3 Å². The van der Waals surface area contributed by atoms with Crippen molar-refractivity contribution in [1.29, 1.82) is 0 Å². The Morgan fingerprint density at radius 2 is 2.16 bits per heavy atom. The summed E-state index contributed by atoms with van der Waals surface area (Å²) in [5.74, 6) is 0.123. The molecule has 106 valence electrons. The van der Waals surface area contributed by atoms with Crippen LogP contribution in [0.3, 0.4) is 0 Å². The summed E-state index contributed by atoms with van der Waals surface area (Å²) in [7, 11) is 1.68. The molecule has 5 nitrogen and oxygen atoms in total. The molecule has 5 heteroatoms. The first-order valence-electron chi connectivity index (χ1n) is 6.35. The molecule has 0 saturated heterocycles. The minimum Gasteiger partial charge on any atom is -0.409 e. The summed E-state index contributed by atoms with van der Waals surface area (Å²) in [4.78, 5) is 2.18. The lowest BCUT2D eigenvalue weighted by Crippen LogP contribution is -2.35. The van der Waals surface area contributed by atoms with Gasteiger partial charge in [0.15, 0.2) is 5.84 Å². The predicted octanol–water partition coefficient (Wildman–Crippen LogP) is 1.95. The first kappa shape index (κ1) is 15.3. The van der Waals surface area contributed by atoms with E-state index in [0.717, 1.165) is 23.4 Å². The van der Waals surface area contributed by atoms with Gasteiger partial charge in [0.25, 0.3) is 0 Å². The van der Waals surface area contributed by atoms with E-state index in [4.69, 9.17) is 15.7 Å². The van der Waals surface area contributed by atoms with Gasteiger partial charge in [-0.25, -0.2) is 0 Å². The number of hydrogen-bond donors (Lipinski definition) is 2. The van der Waals surface area contributed by atoms with E-state index >= 15 is 0 Å². The summed E-state index contributed by atoms with van der Waals surface area (Å²) in [5, 5.41) is 12.0. The zero-order valence-corrected chi connectivity index (χ0v) is 12.1. The number of hydrogen-bond acceptors (Lipinski definition) is 4. The van der Waals surface area contributed by atoms with Crippen LogP contribution in [0.5, 0.6) is 0 Å². The Balaban J connectivity index is 3.23. The molecule has 0 aliphatic heterocycles. The summed E-state index contributed by atoms with van der Waals surface area (Å²) < 4.78 is 5.15. The molecule has 0 saturated carbocycles. The largest absolute Gasteiger partial charge is 0.409 e. The summed E-state index contributed by atoms with van der Waals surface area (Å²) >= 11 is 0. The van der Waals surface area contributed by atoms with Crippen LogP contribution < -0.4 is 10.6 Å². The number of aryl methyl sites for hydroxylation is 1. The summed E-state index contributed by atoms with van der Waals surface area (Å²) in [6.45, 7) is 7.61. The first-order chi connectivity index (χ1) is 9.01. The van der Waals surface area contributed by atoms with Gasteiger partial charge < -0.3 is 20.6 Å². The maximum absolute atomic E-state index is 8.90. The van der Waals surface area contributed by atoms with Crippen molar-refractivity contribution in [3.8, 4) is 0 Å². The smallest absolute Gasteiger partial charge is 0.172 e. The van der Waals surface area contributed by atoms with Crippen LogP contribution in [-0.2, 0) is 4.74 Å². The van der Waals surface area contributed by atoms with Crippen LogP contribution in [0.1, 0.15) is 25.0 Å². The second kappa shape index (κ2) is 6.99. The number of amidine groups is 1. The molecule has 0 aromatic heterocycles. The van der Waals surface area contributed by atoms with Crippen molar-refractivity contribution in [2.75, 3.05) is 25.2 Å². The number of nitrogens with two attached hydrogens (primary N) is 1. The van der Waals surface area contributed by atoms with E-state index in [9.17, 15) is 0 Å². The number of anilines is 1. The summed E-state index contributed by atoms with van der Waals surface area (Å²) in [6.07, 6.45) is 0. The molecule has 0 aliphatic carbocycles. The molecule has 1 aromatic carbocycles. The second-order valence-corrected chi connectivity index (χ2v) is 4.79. The van der Waals surface area contributed by atoms with Crippen LogP contribution in [0.2, 0.25) is 0 Å². The molecule has 0 atom stereocenters. The number of oxime groups is 1. The van der Waals surface area contributed by atoms with Gasteiger partial charge >= 0.3 is 0 Å². The Labute approximate surface area is 114 Å². The standard InChI is InChI=1S/C14H23N3O2/c1-10(2)17(7-8-19-4)13-9-11(3)5-6-12(13)14(15)16-18/h5-6,9-10,18H,7-8H2,1-4H3,(H2,15,16). The topological polar surface area (TPSA) is 71.1 Å². The Kier molecular flexibility index (Phi) is 5.63. The SMILES string of the molecule is COCCN(c1cc(C)ccc1/C(N)=N/O)C(C)C. The minimum atomic E-state index is 0.123. The molecule has 0 spiro atoms. The van der Waals surface area contributed by atoms with Gasteiger partial charge in [0, 0.05) is 30.9 Å². The molecular formula is C14H23N3O2. The molecule has 0 fully saturated rings. The van der Waals surface area contributed by atoms with Gasteiger partial charge in [0.05, 0.1) is 6.61 Å². The van der Waals surface area contributed by atoms with E-state index in [1.807, 2.05) is 25.1 Å². The lowest BCUT2D eigenvalue weighted by Gasteiger charge is -2.30. The van der Waals surface area contributed by atoms with Crippen molar-refractivity contribution in [2.45, 2.75) is 26.8 Å². The maximum atomic E-state index is 8.90. The van der Waals surface area contributed by atoms with E-state index in [0.29, 0.717) is 12.6 Å². The molecule has 0 aliphatic rings. The summed E-state index contributed by atoms with van der Waals surface area (Å²) in [6, 6.07) is 6.17. The first-order valence-corrected chi connectivity index (χ1v) is 6.35. The molecule has 0 amide bonds. The fourth-order valence-corrected chi connectivity index (χ4v) is 2.00. The third-order valence-electron chi connectivity index (χ3n) is 3.01. The van der Waals surface area contributed by atoms with E-state index in [2.05, 4.69) is 23.9 Å². The zero-order valence-electron chi connectivity index (χ0n) is 12.1. The van der Waals surface area contributed by atoms with Crippen LogP contribution in [0.15, 0.2) is 23.4 Å². The van der Waals surface area contributed by atoms with E-state index in [-0.39, 0.29) is 5.84 Å². The van der Waals surface area contributed by atoms with Crippen molar-refractivity contribution in [2.24, 2.45) is 10.9 Å². The van der Waals surface area contributed by atoms with Crippen molar-refractivity contribution in [3.05, 3.63) is 29.3 Å². The monoisotopic (exact) mass is 265 g/mol. The lowest BCUT2D eigenvalue weighted by molar-refractivity contribution is 0.204. The molecular weight excluding hydrogens is 242 g/mol. The van der Waals surface area contributed by atoms with Gasteiger partial charge in [-0.05, 0) is 38.5 Å². The van der Waals surface area contributed by atoms with Crippen molar-refractivity contribution in [1.82, 2.24) is 0 Å². The minimum absolute atomic E-state index is 0.123. The van der Waals surface area contributed by atoms with Crippen LogP contribution in [0.4, 0.5) is 5.69 Å². The molecule has 0 bridgehead atoms. The molecule has 1 rings (SSSR count). The highest BCUT2D eigenvalue weighted by atomic mass is 16.5. The molecule has 0 unspecified atom stereocenters. The van der Waals surface area contributed by atoms with Gasteiger partial charge in [0.2, 0.25) is 0 Å². The van der Waals surface area contributed by atoms with E-state index < -0.39 is 0 Å². The third kappa shape index (κ3) is 3.86. The fourth-order valence-electron chi connectivity index (χ4n) is 2.00. The number of methoxy groups -OCH3 is 1. The van der Waals surface area contributed by atoms with Crippen molar-refractivity contribution < 1.29 is 9.94 Å². The van der Waals surface area contributed by atoms with Crippen molar-refractivity contribution >= 4 is 11.5 Å². The average molecular weight is 265 g/mol. The predicted molar refractivity (Wildman–Crippen MR) is 78.0 cm³/mol.